The number of imidazole rings is 1. The number of hydrogen-bond acceptors (Lipinski definition) is 6. The predicted octanol–water partition coefficient (Wildman–Crippen LogP) is 5.68. The van der Waals surface area contributed by atoms with Crippen LogP contribution in [-0.2, 0) is 6.54 Å². The molecule has 10 heteroatoms. The van der Waals surface area contributed by atoms with E-state index in [1.54, 1.807) is 0 Å². The number of nitrogens with one attached hydrogen (secondary N) is 2. The lowest BCUT2D eigenvalue weighted by Gasteiger charge is -2.27. The number of aromatic nitrogens is 4. The van der Waals surface area contributed by atoms with Crippen LogP contribution in [0.25, 0.3) is 11.2 Å². The van der Waals surface area contributed by atoms with Gasteiger partial charge in [0.25, 0.3) is 0 Å². The van der Waals surface area contributed by atoms with Gasteiger partial charge in [0.1, 0.15) is 0 Å². The number of rotatable bonds is 6. The minimum atomic E-state index is 0. The third kappa shape index (κ3) is 6.21. The molecule has 33 heavy (non-hydrogen) atoms. The van der Waals surface area contributed by atoms with Gasteiger partial charge in [-0.05, 0) is 78.8 Å². The molecule has 180 valence electrons. The number of nitrogens with two attached hydrogens (primary N) is 1. The molecule has 0 aliphatic heterocycles. The number of hydrogen-bond donors (Lipinski definition) is 3. The second-order valence-corrected chi connectivity index (χ2v) is 10.1. The Labute approximate surface area is 221 Å². The zero-order valence-corrected chi connectivity index (χ0v) is 22.3. The fourth-order valence-electron chi connectivity index (χ4n) is 4.83. The maximum Gasteiger partial charge on any atom is 0.227 e. The first-order valence-electron chi connectivity index (χ1n) is 11.4. The molecular weight excluding hydrogens is 572 g/mol. The Hall–Kier alpha value is -1.36. The first kappa shape index (κ1) is 26.2. The smallest absolute Gasteiger partial charge is 0.227 e. The van der Waals surface area contributed by atoms with E-state index in [0.717, 1.165) is 42.7 Å². The van der Waals surface area contributed by atoms with E-state index < -0.39 is 0 Å². The standard InChI is InChI=1S/C23H30IN7.2ClH/c24-16-5-3-4-15(12-16)13-26-21-20-22(31(14-27-20)19-6-1-2-7-19)30-23(29-21)28-18-10-8-17(25)9-11-18;;/h3-5,12,14,17-19H,1-2,6-11,13,25H2,(H2,26,28,29,30);2*1H/t17-,18-;;. The zero-order valence-electron chi connectivity index (χ0n) is 18.5. The Morgan fingerprint density at radius 2 is 1.79 bits per heavy atom. The van der Waals surface area contributed by atoms with E-state index in [-0.39, 0.29) is 24.8 Å². The lowest BCUT2D eigenvalue weighted by Crippen LogP contribution is -2.33. The van der Waals surface area contributed by atoms with Crippen LogP contribution in [0, 0.1) is 3.57 Å². The Kier molecular flexibility index (Phi) is 9.43. The van der Waals surface area contributed by atoms with Gasteiger partial charge in [-0.2, -0.15) is 9.97 Å². The van der Waals surface area contributed by atoms with Crippen LogP contribution < -0.4 is 16.4 Å². The van der Waals surface area contributed by atoms with Crippen LogP contribution in [0.15, 0.2) is 30.6 Å². The lowest BCUT2D eigenvalue weighted by atomic mass is 9.92. The molecule has 3 aromatic rings. The molecule has 1 aromatic carbocycles. The summed E-state index contributed by atoms with van der Waals surface area (Å²) in [5.41, 5.74) is 9.10. The summed E-state index contributed by atoms with van der Waals surface area (Å²) in [5, 5.41) is 7.12. The Morgan fingerprint density at radius 1 is 1.03 bits per heavy atom. The summed E-state index contributed by atoms with van der Waals surface area (Å²) in [7, 11) is 0. The second kappa shape index (κ2) is 11.9. The van der Waals surface area contributed by atoms with E-state index in [2.05, 4.69) is 62.1 Å². The molecule has 0 radical (unpaired) electrons. The van der Waals surface area contributed by atoms with Gasteiger partial charge >= 0.3 is 0 Å². The molecular formula is C23H32Cl2IN7. The van der Waals surface area contributed by atoms with Crippen molar-refractivity contribution in [3.8, 4) is 0 Å². The maximum atomic E-state index is 6.09. The van der Waals surface area contributed by atoms with Gasteiger partial charge in [-0.1, -0.05) is 25.0 Å². The first-order valence-corrected chi connectivity index (χ1v) is 12.5. The molecule has 2 aliphatic rings. The average molecular weight is 604 g/mol. The highest BCUT2D eigenvalue weighted by atomic mass is 127. The van der Waals surface area contributed by atoms with Crippen LogP contribution in [-0.4, -0.2) is 31.6 Å². The Bertz CT molecular complexity index is 1050. The number of anilines is 2. The highest BCUT2D eigenvalue weighted by Crippen LogP contribution is 2.33. The van der Waals surface area contributed by atoms with Crippen LogP contribution in [0.5, 0.6) is 0 Å². The molecule has 0 unspecified atom stereocenters. The minimum Gasteiger partial charge on any atom is -0.364 e. The van der Waals surface area contributed by atoms with E-state index in [1.807, 2.05) is 6.33 Å². The van der Waals surface area contributed by atoms with Crippen LogP contribution in [0.4, 0.5) is 11.8 Å². The third-order valence-electron chi connectivity index (χ3n) is 6.59. The fourth-order valence-corrected chi connectivity index (χ4v) is 5.44. The van der Waals surface area contributed by atoms with Crippen molar-refractivity contribution in [3.63, 3.8) is 0 Å². The van der Waals surface area contributed by atoms with E-state index >= 15 is 0 Å². The highest BCUT2D eigenvalue weighted by molar-refractivity contribution is 14.1. The molecule has 0 saturated heterocycles. The van der Waals surface area contributed by atoms with E-state index in [0.29, 0.717) is 30.6 Å². The molecule has 2 saturated carbocycles. The van der Waals surface area contributed by atoms with Crippen LogP contribution in [0.3, 0.4) is 0 Å². The van der Waals surface area contributed by atoms with E-state index in [1.165, 1.54) is 34.8 Å². The monoisotopic (exact) mass is 603 g/mol. The number of halogens is 3. The molecule has 0 bridgehead atoms. The van der Waals surface area contributed by atoms with Gasteiger partial charge in [0.15, 0.2) is 17.0 Å². The van der Waals surface area contributed by atoms with Gasteiger partial charge < -0.3 is 20.9 Å². The van der Waals surface area contributed by atoms with Crippen molar-refractivity contribution >= 4 is 70.3 Å². The fraction of sp³-hybridized carbons (Fsp3) is 0.522. The summed E-state index contributed by atoms with van der Waals surface area (Å²) in [4.78, 5) is 14.5. The molecule has 2 aliphatic carbocycles. The van der Waals surface area contributed by atoms with Gasteiger partial charge in [-0.15, -0.1) is 24.8 Å². The molecule has 2 aromatic heterocycles. The summed E-state index contributed by atoms with van der Waals surface area (Å²) >= 11 is 2.35. The van der Waals surface area contributed by atoms with Crippen molar-refractivity contribution in [1.82, 2.24) is 19.5 Å². The molecule has 7 nitrogen and oxygen atoms in total. The van der Waals surface area contributed by atoms with Crippen molar-refractivity contribution in [2.75, 3.05) is 10.6 Å². The average Bonchev–Trinajstić information content (AvgIpc) is 3.43. The molecule has 2 fully saturated rings. The topological polar surface area (TPSA) is 93.7 Å². The molecule has 5 rings (SSSR count). The van der Waals surface area contributed by atoms with E-state index in [9.17, 15) is 0 Å². The van der Waals surface area contributed by atoms with Crippen LogP contribution >= 0.6 is 47.4 Å². The van der Waals surface area contributed by atoms with Crippen LogP contribution in [0.2, 0.25) is 0 Å². The van der Waals surface area contributed by atoms with Crippen molar-refractivity contribution < 1.29 is 0 Å². The van der Waals surface area contributed by atoms with Crippen molar-refractivity contribution in [3.05, 3.63) is 39.7 Å². The van der Waals surface area contributed by atoms with Gasteiger partial charge in [0.05, 0.1) is 6.33 Å². The zero-order chi connectivity index (χ0) is 21.2. The van der Waals surface area contributed by atoms with Crippen molar-refractivity contribution in [2.24, 2.45) is 5.73 Å². The minimum absolute atomic E-state index is 0. The lowest BCUT2D eigenvalue weighted by molar-refractivity contribution is 0.410. The normalized spacial score (nSPS) is 20.8. The summed E-state index contributed by atoms with van der Waals surface area (Å²) < 4.78 is 3.50. The molecule has 0 atom stereocenters. The quantitative estimate of drug-likeness (QED) is 0.314. The molecule has 0 spiro atoms. The SMILES string of the molecule is Cl.Cl.N[C@H]1CC[C@H](Nc2nc(NCc3cccc(I)c3)c3ncn(C4CCCC4)c3n2)CC1. The van der Waals surface area contributed by atoms with Gasteiger partial charge in [-0.3, -0.25) is 0 Å². The van der Waals surface area contributed by atoms with Crippen molar-refractivity contribution in [2.45, 2.75) is 76.0 Å². The number of fused-ring (bicyclic) bond motifs is 1. The largest absolute Gasteiger partial charge is 0.364 e. The van der Waals surface area contributed by atoms with E-state index in [4.69, 9.17) is 20.7 Å². The van der Waals surface area contributed by atoms with Gasteiger partial charge in [0, 0.05) is 28.2 Å². The molecule has 4 N–H and O–H groups in total. The Balaban J connectivity index is 0.00000153. The number of nitrogens with zero attached hydrogens (tertiary/aromatic N) is 4. The Morgan fingerprint density at radius 3 is 2.52 bits per heavy atom. The molecule has 2 heterocycles. The van der Waals surface area contributed by atoms with Gasteiger partial charge in [-0.25, -0.2) is 4.98 Å². The predicted molar refractivity (Wildman–Crippen MR) is 148 cm³/mol. The highest BCUT2D eigenvalue weighted by Gasteiger charge is 2.23. The summed E-state index contributed by atoms with van der Waals surface area (Å²) in [6.45, 7) is 0.705. The third-order valence-corrected chi connectivity index (χ3v) is 7.26. The summed E-state index contributed by atoms with van der Waals surface area (Å²) in [6, 6.07) is 9.71. The first-order chi connectivity index (χ1) is 15.2. The number of benzene rings is 1. The molecule has 0 amide bonds. The van der Waals surface area contributed by atoms with Gasteiger partial charge in [0.2, 0.25) is 5.95 Å². The van der Waals surface area contributed by atoms with Crippen LogP contribution in [0.1, 0.15) is 63.0 Å². The summed E-state index contributed by atoms with van der Waals surface area (Å²) in [5.74, 6) is 1.49. The van der Waals surface area contributed by atoms with Crippen molar-refractivity contribution in [1.29, 1.82) is 0 Å². The maximum absolute atomic E-state index is 6.09. The summed E-state index contributed by atoms with van der Waals surface area (Å²) in [6.07, 6.45) is 11.1. The second-order valence-electron chi connectivity index (χ2n) is 8.90.